The van der Waals surface area contributed by atoms with Gasteiger partial charge in [0.15, 0.2) is 5.76 Å². The summed E-state index contributed by atoms with van der Waals surface area (Å²) in [4.78, 5) is 35.9. The van der Waals surface area contributed by atoms with E-state index < -0.39 is 5.41 Å². The highest BCUT2D eigenvalue weighted by Gasteiger charge is 2.67. The van der Waals surface area contributed by atoms with E-state index in [1.165, 1.54) is 5.57 Å². The predicted octanol–water partition coefficient (Wildman–Crippen LogP) is 8.07. The zero-order valence-corrected chi connectivity index (χ0v) is 27.5. The minimum absolute atomic E-state index is 0.0129. The molecule has 0 unspecified atom stereocenters. The molecule has 5 aliphatic rings. The van der Waals surface area contributed by atoms with Crippen molar-refractivity contribution in [3.8, 4) is 0 Å². The maximum atomic E-state index is 13.9. The van der Waals surface area contributed by atoms with Crippen LogP contribution in [-0.2, 0) is 20.9 Å². The number of ketones is 1. The van der Waals surface area contributed by atoms with Gasteiger partial charge in [-0.15, -0.1) is 0 Å². The molecule has 0 amide bonds. The second-order valence-corrected chi connectivity index (χ2v) is 15.6. The summed E-state index contributed by atoms with van der Waals surface area (Å²) in [6, 6.07) is 0. The van der Waals surface area contributed by atoms with Gasteiger partial charge in [-0.05, 0) is 119 Å². The molecule has 6 nitrogen and oxygen atoms in total. The third kappa shape index (κ3) is 4.10. The van der Waals surface area contributed by atoms with E-state index in [0.717, 1.165) is 78.9 Å². The average Bonchev–Trinajstić information content (AvgIpc) is 2.95. The Balaban J connectivity index is 1.32. The van der Waals surface area contributed by atoms with Crippen molar-refractivity contribution in [2.75, 3.05) is 0 Å². The highest BCUT2D eigenvalue weighted by molar-refractivity contribution is 6.06. The minimum Gasteiger partial charge on any atom is -0.504 e. The molecule has 0 aliphatic heterocycles. The summed E-state index contributed by atoms with van der Waals surface area (Å²) < 4.78 is 6.02. The fourth-order valence-electron chi connectivity index (χ4n) is 9.85. The number of carbonyl (C=O) groups excluding carboxylic acids is 2. The van der Waals surface area contributed by atoms with Gasteiger partial charge in [0.05, 0.1) is 28.2 Å². The van der Waals surface area contributed by atoms with Gasteiger partial charge in [-0.3, -0.25) is 19.6 Å². The number of allylic oxidation sites excluding steroid dienone is 7. The minimum atomic E-state index is -0.557. The van der Waals surface area contributed by atoms with Crippen molar-refractivity contribution in [3.63, 3.8) is 0 Å². The number of aryl methyl sites for hydroxylation is 3. The number of carbonyl (C=O) groups is 2. The van der Waals surface area contributed by atoms with Crippen LogP contribution in [0.25, 0.3) is 0 Å². The van der Waals surface area contributed by atoms with E-state index in [0.29, 0.717) is 11.5 Å². The van der Waals surface area contributed by atoms with E-state index in [2.05, 4.69) is 56.7 Å². The molecule has 0 spiro atoms. The molecule has 0 radical (unpaired) electrons. The van der Waals surface area contributed by atoms with E-state index in [9.17, 15) is 14.7 Å². The normalized spacial score (nSPS) is 38.6. The molecule has 3 fully saturated rings. The zero-order valence-electron chi connectivity index (χ0n) is 27.5. The Morgan fingerprint density at radius 2 is 1.58 bits per heavy atom. The van der Waals surface area contributed by atoms with Crippen LogP contribution >= 0.6 is 0 Å². The monoisotopic (exact) mass is 584 g/mol. The molecular formula is C37H48N2O4. The maximum Gasteiger partial charge on any atom is 0.312 e. The van der Waals surface area contributed by atoms with E-state index in [1.807, 2.05) is 27.7 Å². The Labute approximate surface area is 256 Å². The van der Waals surface area contributed by atoms with Crippen LogP contribution in [0, 0.1) is 53.8 Å². The smallest absolute Gasteiger partial charge is 0.312 e. The molecule has 43 heavy (non-hydrogen) atoms. The van der Waals surface area contributed by atoms with E-state index >= 15 is 0 Å². The van der Waals surface area contributed by atoms with Crippen LogP contribution in [0.3, 0.4) is 0 Å². The standard InChI is InChI=1S/C37H48N2O4/c1-21-25-10-11-29-35(7,26(25)18-28(40)31(21)41)15-17-37(9)30-19-34(6,13-12-33(30,5)14-16-36(29,37)8)32(42)43-20-27-24(4)38-22(2)23(3)39-27/h10-11,18,30,41H,12-17,19-20H2,1-9H3/t30-,33-,34-,35+,36-,37+/m1/s1. The van der Waals surface area contributed by atoms with Gasteiger partial charge in [0.1, 0.15) is 6.61 Å². The number of aliphatic hydroxyl groups is 1. The van der Waals surface area contributed by atoms with Crippen LogP contribution in [0.2, 0.25) is 0 Å². The molecule has 1 heterocycles. The number of hydrogen-bond donors (Lipinski definition) is 1. The number of fused-ring (bicyclic) bond motifs is 7. The van der Waals surface area contributed by atoms with E-state index in [1.54, 1.807) is 6.08 Å². The molecule has 1 aromatic rings. The SMILES string of the molecule is CC1=C(O)C(=O)C=C2C1=CC=C1[C@@]2(C)CC[C@@]2(C)[C@@H]3C[C@](C)(C(=O)OCc4nc(C)c(C)nc4C)CC[C@]3(C)CC[C@]12C. The van der Waals surface area contributed by atoms with Gasteiger partial charge in [0.2, 0.25) is 5.78 Å². The number of rotatable bonds is 3. The lowest BCUT2D eigenvalue weighted by Gasteiger charge is -2.70. The summed E-state index contributed by atoms with van der Waals surface area (Å²) in [6.45, 7) is 19.6. The van der Waals surface area contributed by atoms with Gasteiger partial charge in [-0.25, -0.2) is 0 Å². The first kappa shape index (κ1) is 30.0. The lowest BCUT2D eigenvalue weighted by atomic mass is 9.34. The third-order valence-electron chi connectivity index (χ3n) is 13.3. The number of nitrogens with zero attached hydrogens (tertiary/aromatic N) is 2. The molecule has 0 saturated heterocycles. The highest BCUT2D eigenvalue weighted by atomic mass is 16.5. The van der Waals surface area contributed by atoms with Crippen molar-refractivity contribution in [1.29, 1.82) is 0 Å². The molecule has 5 aliphatic carbocycles. The molecular weight excluding hydrogens is 536 g/mol. The Hall–Kier alpha value is -3.02. The van der Waals surface area contributed by atoms with Crippen molar-refractivity contribution in [2.45, 2.75) is 114 Å². The molecule has 3 saturated carbocycles. The number of esters is 1. The first-order chi connectivity index (χ1) is 20.0. The van der Waals surface area contributed by atoms with Gasteiger partial charge in [-0.1, -0.05) is 45.4 Å². The highest BCUT2D eigenvalue weighted by Crippen LogP contribution is 2.75. The second kappa shape index (κ2) is 9.49. The maximum absolute atomic E-state index is 13.9. The average molecular weight is 585 g/mol. The van der Waals surface area contributed by atoms with Crippen LogP contribution in [0.15, 0.2) is 46.3 Å². The van der Waals surface area contributed by atoms with Crippen molar-refractivity contribution in [1.82, 2.24) is 9.97 Å². The van der Waals surface area contributed by atoms with E-state index in [-0.39, 0.29) is 45.8 Å². The van der Waals surface area contributed by atoms with E-state index in [4.69, 9.17) is 4.74 Å². The summed E-state index contributed by atoms with van der Waals surface area (Å²) in [6.07, 6.45) is 13.0. The van der Waals surface area contributed by atoms with Gasteiger partial charge < -0.3 is 9.84 Å². The van der Waals surface area contributed by atoms with Gasteiger partial charge in [-0.2, -0.15) is 0 Å². The van der Waals surface area contributed by atoms with Crippen molar-refractivity contribution >= 4 is 11.8 Å². The van der Waals surface area contributed by atoms with Crippen molar-refractivity contribution in [3.05, 3.63) is 69.1 Å². The Morgan fingerprint density at radius 1 is 0.907 bits per heavy atom. The second-order valence-electron chi connectivity index (χ2n) is 15.6. The van der Waals surface area contributed by atoms with Gasteiger partial charge in [0.25, 0.3) is 0 Å². The Bertz CT molecular complexity index is 1580. The van der Waals surface area contributed by atoms with Crippen LogP contribution in [0.5, 0.6) is 0 Å². The molecule has 6 rings (SSSR count). The summed E-state index contributed by atoms with van der Waals surface area (Å²) in [5.41, 5.74) is 6.71. The largest absolute Gasteiger partial charge is 0.504 e. The number of aliphatic hydroxyl groups excluding tert-OH is 1. The molecule has 1 N–H and O–H groups in total. The lowest BCUT2D eigenvalue weighted by molar-refractivity contribution is -0.183. The molecule has 6 heteroatoms. The molecule has 230 valence electrons. The topological polar surface area (TPSA) is 89.4 Å². The van der Waals surface area contributed by atoms with Crippen LogP contribution in [0.1, 0.15) is 109 Å². The molecule has 6 atom stereocenters. The lowest BCUT2D eigenvalue weighted by Crippen LogP contribution is -2.62. The molecule has 0 bridgehead atoms. The first-order valence-corrected chi connectivity index (χ1v) is 16.1. The summed E-state index contributed by atoms with van der Waals surface area (Å²) in [5, 5.41) is 10.4. The number of hydrogen-bond acceptors (Lipinski definition) is 6. The quantitative estimate of drug-likeness (QED) is 0.361. The number of aromatic nitrogens is 2. The Kier molecular flexibility index (Phi) is 6.63. The van der Waals surface area contributed by atoms with Crippen molar-refractivity contribution < 1.29 is 19.4 Å². The zero-order chi connectivity index (χ0) is 31.3. The van der Waals surface area contributed by atoms with Crippen LogP contribution in [-0.4, -0.2) is 26.8 Å². The van der Waals surface area contributed by atoms with Crippen molar-refractivity contribution in [2.24, 2.45) is 33.0 Å². The fraction of sp³-hybridized carbons (Fsp3) is 0.622. The Morgan fingerprint density at radius 3 is 2.30 bits per heavy atom. The summed E-state index contributed by atoms with van der Waals surface area (Å²) in [7, 11) is 0. The summed E-state index contributed by atoms with van der Waals surface area (Å²) in [5.74, 6) is -0.186. The van der Waals surface area contributed by atoms with Gasteiger partial charge in [0, 0.05) is 11.0 Å². The summed E-state index contributed by atoms with van der Waals surface area (Å²) >= 11 is 0. The third-order valence-corrected chi connectivity index (χ3v) is 13.3. The molecule has 0 aromatic carbocycles. The molecule has 1 aromatic heterocycles. The predicted molar refractivity (Wildman–Crippen MR) is 167 cm³/mol. The fourth-order valence-corrected chi connectivity index (χ4v) is 9.85. The number of ether oxygens (including phenoxy) is 1. The van der Waals surface area contributed by atoms with Crippen LogP contribution < -0.4 is 0 Å². The first-order valence-electron chi connectivity index (χ1n) is 16.1. The van der Waals surface area contributed by atoms with Crippen LogP contribution in [0.4, 0.5) is 0 Å². The van der Waals surface area contributed by atoms with Gasteiger partial charge >= 0.3 is 5.97 Å².